The van der Waals surface area contributed by atoms with Crippen molar-refractivity contribution in [1.29, 1.82) is 0 Å². The van der Waals surface area contributed by atoms with Gasteiger partial charge in [0.05, 0.1) is 25.9 Å². The van der Waals surface area contributed by atoms with Gasteiger partial charge in [0.2, 0.25) is 0 Å². The van der Waals surface area contributed by atoms with Gasteiger partial charge in [0.25, 0.3) is 0 Å². The summed E-state index contributed by atoms with van der Waals surface area (Å²) in [6.45, 7) is 5.77. The van der Waals surface area contributed by atoms with Crippen LogP contribution in [0.5, 0.6) is 11.5 Å². The van der Waals surface area contributed by atoms with Gasteiger partial charge in [0.15, 0.2) is 0 Å². The van der Waals surface area contributed by atoms with Crippen molar-refractivity contribution in [2.75, 3.05) is 20.3 Å². The molecule has 0 radical (unpaired) electrons. The molecule has 28 heavy (non-hydrogen) atoms. The predicted octanol–water partition coefficient (Wildman–Crippen LogP) is 6.95. The Labute approximate surface area is 172 Å². The fraction of sp³-hybridized carbons (Fsp3) is 0.708. The molecule has 0 aliphatic carbocycles. The molecule has 0 aromatic heterocycles. The van der Waals surface area contributed by atoms with Crippen molar-refractivity contribution in [2.24, 2.45) is 0 Å². The standard InChI is InChI=1S/C24H40O4/c1-4-6-8-10-12-14-16-27-22-18-21(24(25)26-3)19-23(20-22)28-17-15-13-11-9-7-5-2/h18-20H,4-17H2,1-3H3. The Morgan fingerprint density at radius 3 is 1.54 bits per heavy atom. The van der Waals surface area contributed by atoms with Crippen molar-refractivity contribution in [3.63, 3.8) is 0 Å². The zero-order valence-corrected chi connectivity index (χ0v) is 18.3. The molecule has 160 valence electrons. The van der Waals surface area contributed by atoms with E-state index in [9.17, 15) is 4.79 Å². The number of hydrogen-bond donors (Lipinski definition) is 0. The minimum absolute atomic E-state index is 0.366. The third-order valence-corrected chi connectivity index (χ3v) is 4.83. The number of esters is 1. The second-order valence-electron chi connectivity index (χ2n) is 7.42. The maximum absolute atomic E-state index is 11.9. The van der Waals surface area contributed by atoms with Crippen LogP contribution in [0, 0.1) is 0 Å². The Kier molecular flexibility index (Phi) is 14.1. The Morgan fingerprint density at radius 1 is 0.679 bits per heavy atom. The van der Waals surface area contributed by atoms with Gasteiger partial charge < -0.3 is 14.2 Å². The molecule has 0 unspecified atom stereocenters. The van der Waals surface area contributed by atoms with Gasteiger partial charge in [-0.15, -0.1) is 0 Å². The third kappa shape index (κ3) is 11.2. The quantitative estimate of drug-likeness (QED) is 0.212. The lowest BCUT2D eigenvalue weighted by Crippen LogP contribution is -2.05. The normalized spacial score (nSPS) is 10.7. The van der Waals surface area contributed by atoms with Gasteiger partial charge in [-0.2, -0.15) is 0 Å². The monoisotopic (exact) mass is 392 g/mol. The average Bonchev–Trinajstić information content (AvgIpc) is 2.71. The molecular formula is C24H40O4. The van der Waals surface area contributed by atoms with Crippen molar-refractivity contribution in [2.45, 2.75) is 90.9 Å². The van der Waals surface area contributed by atoms with Crippen molar-refractivity contribution < 1.29 is 19.0 Å². The molecule has 0 N–H and O–H groups in total. The van der Waals surface area contributed by atoms with Gasteiger partial charge in [-0.3, -0.25) is 0 Å². The molecule has 0 aliphatic heterocycles. The molecule has 4 nitrogen and oxygen atoms in total. The summed E-state index contributed by atoms with van der Waals surface area (Å²) in [4.78, 5) is 11.9. The summed E-state index contributed by atoms with van der Waals surface area (Å²) in [5.41, 5.74) is 0.473. The highest BCUT2D eigenvalue weighted by molar-refractivity contribution is 5.90. The lowest BCUT2D eigenvalue weighted by molar-refractivity contribution is 0.0599. The first-order chi connectivity index (χ1) is 13.7. The van der Waals surface area contributed by atoms with E-state index >= 15 is 0 Å². The van der Waals surface area contributed by atoms with Crippen LogP contribution < -0.4 is 9.47 Å². The highest BCUT2D eigenvalue weighted by Gasteiger charge is 2.10. The SMILES string of the molecule is CCCCCCCCOc1cc(OCCCCCCCC)cc(C(=O)OC)c1. The molecule has 4 heteroatoms. The van der Waals surface area contributed by atoms with Crippen LogP contribution >= 0.6 is 0 Å². The van der Waals surface area contributed by atoms with E-state index in [0.717, 1.165) is 12.8 Å². The first kappa shape index (κ1) is 24.3. The summed E-state index contributed by atoms with van der Waals surface area (Å²) in [6.07, 6.45) is 14.7. The van der Waals surface area contributed by atoms with E-state index in [4.69, 9.17) is 14.2 Å². The lowest BCUT2D eigenvalue weighted by atomic mass is 10.1. The van der Waals surface area contributed by atoms with E-state index in [1.54, 1.807) is 12.1 Å². The molecule has 0 saturated heterocycles. The smallest absolute Gasteiger partial charge is 0.338 e. The number of carbonyl (C=O) groups is 1. The van der Waals surface area contributed by atoms with E-state index < -0.39 is 0 Å². The largest absolute Gasteiger partial charge is 0.493 e. The van der Waals surface area contributed by atoms with E-state index in [-0.39, 0.29) is 5.97 Å². The predicted molar refractivity (Wildman–Crippen MR) is 116 cm³/mol. The number of rotatable bonds is 17. The third-order valence-electron chi connectivity index (χ3n) is 4.83. The number of hydrogen-bond acceptors (Lipinski definition) is 4. The van der Waals surface area contributed by atoms with E-state index in [2.05, 4.69) is 13.8 Å². The Hall–Kier alpha value is -1.71. The maximum atomic E-state index is 11.9. The van der Waals surface area contributed by atoms with E-state index in [1.807, 2.05) is 6.07 Å². The summed E-state index contributed by atoms with van der Waals surface area (Å²) >= 11 is 0. The Bertz CT molecular complexity index is 491. The zero-order valence-electron chi connectivity index (χ0n) is 18.3. The number of ether oxygens (including phenoxy) is 3. The van der Waals surface area contributed by atoms with Crippen LogP contribution in [0.1, 0.15) is 101 Å². The fourth-order valence-corrected chi connectivity index (χ4v) is 3.12. The van der Waals surface area contributed by atoms with Gasteiger partial charge in [0.1, 0.15) is 11.5 Å². The maximum Gasteiger partial charge on any atom is 0.338 e. The highest BCUT2D eigenvalue weighted by Crippen LogP contribution is 2.24. The molecule has 0 saturated carbocycles. The summed E-state index contributed by atoms with van der Waals surface area (Å²) < 4.78 is 16.6. The average molecular weight is 393 g/mol. The van der Waals surface area contributed by atoms with Gasteiger partial charge in [-0.1, -0.05) is 78.1 Å². The van der Waals surface area contributed by atoms with Crippen LogP contribution in [0.4, 0.5) is 0 Å². The second-order valence-corrected chi connectivity index (χ2v) is 7.42. The number of carbonyl (C=O) groups excluding carboxylic acids is 1. The first-order valence-corrected chi connectivity index (χ1v) is 11.2. The molecule has 0 spiro atoms. The minimum Gasteiger partial charge on any atom is -0.493 e. The van der Waals surface area contributed by atoms with Crippen LogP contribution in [-0.4, -0.2) is 26.3 Å². The summed E-state index contributed by atoms with van der Waals surface area (Å²) in [5, 5.41) is 0. The minimum atomic E-state index is -0.366. The molecule has 0 heterocycles. The number of benzene rings is 1. The molecule has 0 atom stereocenters. The highest BCUT2D eigenvalue weighted by atomic mass is 16.5. The molecule has 0 aliphatic rings. The molecule has 1 aromatic carbocycles. The van der Waals surface area contributed by atoms with Gasteiger partial charge >= 0.3 is 5.97 Å². The first-order valence-electron chi connectivity index (χ1n) is 11.2. The second kappa shape index (κ2) is 16.3. The van der Waals surface area contributed by atoms with Crippen LogP contribution in [0.3, 0.4) is 0 Å². The van der Waals surface area contributed by atoms with Gasteiger partial charge in [-0.05, 0) is 25.0 Å². The lowest BCUT2D eigenvalue weighted by Gasteiger charge is -2.12. The zero-order chi connectivity index (χ0) is 20.5. The molecule has 0 amide bonds. The van der Waals surface area contributed by atoms with Crippen molar-refractivity contribution >= 4 is 5.97 Å². The molecule has 0 fully saturated rings. The van der Waals surface area contributed by atoms with Crippen LogP contribution in [0.15, 0.2) is 18.2 Å². The van der Waals surface area contributed by atoms with Crippen molar-refractivity contribution in [3.8, 4) is 11.5 Å². The molecule has 1 rings (SSSR count). The Morgan fingerprint density at radius 2 is 1.11 bits per heavy atom. The fourth-order valence-electron chi connectivity index (χ4n) is 3.12. The summed E-state index contributed by atoms with van der Waals surface area (Å²) in [5.74, 6) is 0.984. The number of unbranched alkanes of at least 4 members (excludes halogenated alkanes) is 10. The topological polar surface area (TPSA) is 44.8 Å². The van der Waals surface area contributed by atoms with Crippen LogP contribution in [0.25, 0.3) is 0 Å². The van der Waals surface area contributed by atoms with Crippen molar-refractivity contribution in [3.05, 3.63) is 23.8 Å². The van der Waals surface area contributed by atoms with E-state index in [0.29, 0.717) is 30.3 Å². The summed E-state index contributed by atoms with van der Waals surface area (Å²) in [7, 11) is 1.39. The van der Waals surface area contributed by atoms with Gasteiger partial charge in [0, 0.05) is 6.07 Å². The van der Waals surface area contributed by atoms with Crippen molar-refractivity contribution in [1.82, 2.24) is 0 Å². The van der Waals surface area contributed by atoms with Crippen LogP contribution in [-0.2, 0) is 4.74 Å². The molecular weight excluding hydrogens is 352 g/mol. The number of methoxy groups -OCH3 is 1. The van der Waals surface area contributed by atoms with Gasteiger partial charge in [-0.25, -0.2) is 4.79 Å². The molecule has 0 bridgehead atoms. The van der Waals surface area contributed by atoms with Crippen LogP contribution in [0.2, 0.25) is 0 Å². The molecule has 1 aromatic rings. The van der Waals surface area contributed by atoms with E-state index in [1.165, 1.54) is 71.3 Å². The Balaban J connectivity index is 2.45. The summed E-state index contributed by atoms with van der Waals surface area (Å²) in [6, 6.07) is 5.35.